The van der Waals surface area contributed by atoms with Gasteiger partial charge >= 0.3 is 5.97 Å². The van der Waals surface area contributed by atoms with Crippen LogP contribution in [0, 0.1) is 0 Å². The molecule has 0 unspecified atom stereocenters. The van der Waals surface area contributed by atoms with E-state index in [1.54, 1.807) is 49.6 Å². The van der Waals surface area contributed by atoms with Crippen LogP contribution in [0.3, 0.4) is 0 Å². The van der Waals surface area contributed by atoms with Crippen LogP contribution in [0.15, 0.2) is 48.5 Å². The van der Waals surface area contributed by atoms with Gasteiger partial charge in [-0.3, -0.25) is 4.79 Å². The molecule has 5 heteroatoms. The van der Waals surface area contributed by atoms with Gasteiger partial charge in [-0.2, -0.15) is 0 Å². The van der Waals surface area contributed by atoms with Gasteiger partial charge in [0.25, 0.3) is 0 Å². The van der Waals surface area contributed by atoms with Crippen molar-refractivity contribution in [2.75, 3.05) is 12.4 Å². The molecule has 0 bridgehead atoms. The van der Waals surface area contributed by atoms with Gasteiger partial charge < -0.3 is 15.2 Å². The Balaban J connectivity index is 2.06. The Morgan fingerprint density at radius 3 is 2.38 bits per heavy atom. The van der Waals surface area contributed by atoms with Crippen molar-refractivity contribution in [1.82, 2.24) is 0 Å². The molecule has 0 aromatic heterocycles. The maximum Gasteiger partial charge on any atom is 0.335 e. The molecule has 108 valence electrons. The van der Waals surface area contributed by atoms with E-state index in [1.807, 2.05) is 0 Å². The summed E-state index contributed by atoms with van der Waals surface area (Å²) in [6.07, 6.45) is 0.00844. The SMILES string of the molecule is COc1ccc(NC(=O)Cc2ccccc2C(=O)O)cc1. The number of methoxy groups -OCH3 is 1. The van der Waals surface area contributed by atoms with Crippen LogP contribution < -0.4 is 10.1 Å². The number of nitrogens with one attached hydrogen (secondary N) is 1. The molecule has 2 N–H and O–H groups in total. The fraction of sp³-hybridized carbons (Fsp3) is 0.125. The first-order chi connectivity index (χ1) is 10.1. The lowest BCUT2D eigenvalue weighted by Gasteiger charge is -2.08. The summed E-state index contributed by atoms with van der Waals surface area (Å²) in [6.45, 7) is 0. The minimum Gasteiger partial charge on any atom is -0.497 e. The Hall–Kier alpha value is -2.82. The number of rotatable bonds is 5. The lowest BCUT2D eigenvalue weighted by molar-refractivity contribution is -0.115. The molecule has 0 radical (unpaired) electrons. The van der Waals surface area contributed by atoms with E-state index in [0.29, 0.717) is 17.0 Å². The third-order valence-electron chi connectivity index (χ3n) is 2.97. The van der Waals surface area contributed by atoms with Crippen LogP contribution in [0.5, 0.6) is 5.75 Å². The van der Waals surface area contributed by atoms with Crippen LogP contribution in [0.2, 0.25) is 0 Å². The second-order valence-corrected chi connectivity index (χ2v) is 4.42. The summed E-state index contributed by atoms with van der Waals surface area (Å²) in [5.41, 5.74) is 1.26. The predicted octanol–water partition coefficient (Wildman–Crippen LogP) is 2.57. The molecule has 2 aromatic carbocycles. The van der Waals surface area contributed by atoms with Crippen LogP contribution >= 0.6 is 0 Å². The van der Waals surface area contributed by atoms with Gasteiger partial charge in [-0.1, -0.05) is 18.2 Å². The molecule has 0 fully saturated rings. The van der Waals surface area contributed by atoms with Gasteiger partial charge in [0.2, 0.25) is 5.91 Å². The topological polar surface area (TPSA) is 75.6 Å². The molecule has 1 amide bonds. The summed E-state index contributed by atoms with van der Waals surface area (Å²) in [5.74, 6) is -0.610. The number of carbonyl (C=O) groups excluding carboxylic acids is 1. The third kappa shape index (κ3) is 3.82. The van der Waals surface area contributed by atoms with Gasteiger partial charge in [-0.15, -0.1) is 0 Å². The maximum absolute atomic E-state index is 12.0. The van der Waals surface area contributed by atoms with Crippen molar-refractivity contribution in [1.29, 1.82) is 0 Å². The molecule has 0 aliphatic carbocycles. The van der Waals surface area contributed by atoms with E-state index in [1.165, 1.54) is 6.07 Å². The predicted molar refractivity (Wildman–Crippen MR) is 78.7 cm³/mol. The lowest BCUT2D eigenvalue weighted by Crippen LogP contribution is -2.16. The highest BCUT2D eigenvalue weighted by molar-refractivity contribution is 5.96. The molecule has 2 rings (SSSR count). The van der Waals surface area contributed by atoms with E-state index in [4.69, 9.17) is 9.84 Å². The average Bonchev–Trinajstić information content (AvgIpc) is 2.48. The largest absolute Gasteiger partial charge is 0.497 e. The van der Waals surface area contributed by atoms with Crippen LogP contribution in [0.1, 0.15) is 15.9 Å². The minimum atomic E-state index is -1.04. The van der Waals surface area contributed by atoms with Gasteiger partial charge in [0.15, 0.2) is 0 Å². The van der Waals surface area contributed by atoms with Crippen molar-refractivity contribution in [2.45, 2.75) is 6.42 Å². The Morgan fingerprint density at radius 2 is 1.76 bits per heavy atom. The highest BCUT2D eigenvalue weighted by Crippen LogP contribution is 2.16. The molecule has 2 aromatic rings. The zero-order valence-corrected chi connectivity index (χ0v) is 11.5. The number of carbonyl (C=O) groups is 2. The first-order valence-corrected chi connectivity index (χ1v) is 6.35. The van der Waals surface area contributed by atoms with Crippen molar-refractivity contribution in [3.63, 3.8) is 0 Å². The Bertz CT molecular complexity index is 650. The number of carboxylic acids is 1. The lowest BCUT2D eigenvalue weighted by atomic mass is 10.0. The molecule has 0 aliphatic heterocycles. The van der Waals surface area contributed by atoms with Crippen LogP contribution in [-0.4, -0.2) is 24.1 Å². The van der Waals surface area contributed by atoms with E-state index in [9.17, 15) is 9.59 Å². The molecule has 0 aliphatic rings. The van der Waals surface area contributed by atoms with Gasteiger partial charge in [-0.05, 0) is 35.9 Å². The van der Waals surface area contributed by atoms with Gasteiger partial charge in [0.05, 0.1) is 19.1 Å². The molecule has 0 heterocycles. The maximum atomic E-state index is 12.0. The first kappa shape index (κ1) is 14.6. The number of benzene rings is 2. The molecular formula is C16H15NO4. The molecule has 0 saturated carbocycles. The summed E-state index contributed by atoms with van der Waals surface area (Å²) in [5, 5.41) is 11.8. The molecule has 0 saturated heterocycles. The van der Waals surface area contributed by atoms with Crippen molar-refractivity contribution < 1.29 is 19.4 Å². The van der Waals surface area contributed by atoms with Crippen LogP contribution in [0.25, 0.3) is 0 Å². The number of carboxylic acid groups (broad SMARTS) is 1. The molecule has 0 spiro atoms. The van der Waals surface area contributed by atoms with E-state index >= 15 is 0 Å². The monoisotopic (exact) mass is 285 g/mol. The zero-order valence-electron chi connectivity index (χ0n) is 11.5. The standard InChI is InChI=1S/C16H15NO4/c1-21-13-8-6-12(7-9-13)17-15(18)10-11-4-2-3-5-14(11)16(19)20/h2-9H,10H2,1H3,(H,17,18)(H,19,20). The molecule has 21 heavy (non-hydrogen) atoms. The smallest absolute Gasteiger partial charge is 0.335 e. The van der Waals surface area contributed by atoms with Crippen LogP contribution in [0.4, 0.5) is 5.69 Å². The van der Waals surface area contributed by atoms with E-state index < -0.39 is 5.97 Å². The van der Waals surface area contributed by atoms with Crippen LogP contribution in [-0.2, 0) is 11.2 Å². The average molecular weight is 285 g/mol. The van der Waals surface area contributed by atoms with E-state index in [0.717, 1.165) is 0 Å². The Labute approximate surface area is 122 Å². The minimum absolute atomic E-state index is 0.00844. The number of amides is 1. The fourth-order valence-electron chi connectivity index (χ4n) is 1.94. The molecule has 0 atom stereocenters. The van der Waals surface area contributed by atoms with Gasteiger partial charge in [-0.25, -0.2) is 4.79 Å². The summed E-state index contributed by atoms with van der Waals surface area (Å²) < 4.78 is 5.03. The van der Waals surface area contributed by atoms with E-state index in [-0.39, 0.29) is 17.9 Å². The fourth-order valence-corrected chi connectivity index (χ4v) is 1.94. The summed E-state index contributed by atoms with van der Waals surface area (Å²) in [4.78, 5) is 23.1. The highest BCUT2D eigenvalue weighted by atomic mass is 16.5. The Kier molecular flexibility index (Phi) is 4.56. The van der Waals surface area contributed by atoms with Crippen molar-refractivity contribution in [3.8, 4) is 5.75 Å². The second-order valence-electron chi connectivity index (χ2n) is 4.42. The van der Waals surface area contributed by atoms with Gasteiger partial charge in [0, 0.05) is 5.69 Å². The number of hydrogen-bond donors (Lipinski definition) is 2. The highest BCUT2D eigenvalue weighted by Gasteiger charge is 2.12. The third-order valence-corrected chi connectivity index (χ3v) is 2.97. The number of aromatic carboxylic acids is 1. The summed E-state index contributed by atoms with van der Waals surface area (Å²) in [7, 11) is 1.57. The summed E-state index contributed by atoms with van der Waals surface area (Å²) in [6, 6.07) is 13.4. The van der Waals surface area contributed by atoms with E-state index in [2.05, 4.69) is 5.32 Å². The number of ether oxygens (including phenoxy) is 1. The quantitative estimate of drug-likeness (QED) is 0.885. The molecular weight excluding hydrogens is 270 g/mol. The molecule has 5 nitrogen and oxygen atoms in total. The zero-order chi connectivity index (χ0) is 15.2. The second kappa shape index (κ2) is 6.56. The Morgan fingerprint density at radius 1 is 1.10 bits per heavy atom. The normalized spacial score (nSPS) is 9.95. The number of anilines is 1. The summed E-state index contributed by atoms with van der Waals surface area (Å²) >= 11 is 0. The van der Waals surface area contributed by atoms with Gasteiger partial charge in [0.1, 0.15) is 5.75 Å². The first-order valence-electron chi connectivity index (χ1n) is 6.35. The van der Waals surface area contributed by atoms with Crippen molar-refractivity contribution in [3.05, 3.63) is 59.7 Å². The van der Waals surface area contributed by atoms with Crippen molar-refractivity contribution >= 4 is 17.6 Å². The number of hydrogen-bond acceptors (Lipinski definition) is 3. The van der Waals surface area contributed by atoms with Crippen molar-refractivity contribution in [2.24, 2.45) is 0 Å².